The van der Waals surface area contributed by atoms with E-state index in [-0.39, 0.29) is 11.7 Å². The normalized spacial score (nSPS) is 10.9. The molecule has 4 rings (SSSR count). The predicted octanol–water partition coefficient (Wildman–Crippen LogP) is 6.69. The van der Waals surface area contributed by atoms with Gasteiger partial charge in [-0.15, -0.1) is 21.5 Å². The van der Waals surface area contributed by atoms with Crippen LogP contribution in [0.2, 0.25) is 15.1 Å². The van der Waals surface area contributed by atoms with Gasteiger partial charge < -0.3 is 5.32 Å². The van der Waals surface area contributed by atoms with Gasteiger partial charge in [0.25, 0.3) is 0 Å². The number of anilines is 1. The summed E-state index contributed by atoms with van der Waals surface area (Å²) in [4.78, 5) is 13.5. The SMILES string of the molecule is O=C(CSc1nnc(-c2cccs2)n1-c1ccccc1)Nc1cc(Cl)c(Cl)cc1Cl. The van der Waals surface area contributed by atoms with E-state index in [1.165, 1.54) is 23.9 Å². The van der Waals surface area contributed by atoms with Crippen molar-refractivity contribution in [1.82, 2.24) is 14.8 Å². The van der Waals surface area contributed by atoms with E-state index in [1.807, 2.05) is 52.4 Å². The van der Waals surface area contributed by atoms with Crippen LogP contribution in [0.25, 0.3) is 16.4 Å². The van der Waals surface area contributed by atoms with Crippen molar-refractivity contribution in [3.8, 4) is 16.4 Å². The number of carbonyl (C=O) groups is 1. The van der Waals surface area contributed by atoms with Crippen molar-refractivity contribution in [3.05, 3.63) is 75.0 Å². The maximum absolute atomic E-state index is 12.5. The third kappa shape index (κ3) is 4.66. The maximum Gasteiger partial charge on any atom is 0.234 e. The van der Waals surface area contributed by atoms with Gasteiger partial charge in [-0.3, -0.25) is 9.36 Å². The fraction of sp³-hybridized carbons (Fsp3) is 0.0500. The number of aromatic nitrogens is 3. The molecular weight excluding hydrogens is 483 g/mol. The van der Waals surface area contributed by atoms with Crippen LogP contribution < -0.4 is 5.32 Å². The molecular formula is C20H13Cl3N4OS2. The lowest BCUT2D eigenvalue weighted by molar-refractivity contribution is -0.113. The van der Waals surface area contributed by atoms with E-state index in [0.717, 1.165) is 16.4 Å². The zero-order valence-electron chi connectivity index (χ0n) is 15.2. The lowest BCUT2D eigenvalue weighted by Crippen LogP contribution is -2.15. The highest BCUT2D eigenvalue weighted by atomic mass is 35.5. The first-order chi connectivity index (χ1) is 14.5. The molecule has 0 atom stereocenters. The number of thiophene rings is 1. The molecule has 0 radical (unpaired) electrons. The van der Waals surface area contributed by atoms with E-state index in [9.17, 15) is 4.79 Å². The van der Waals surface area contributed by atoms with E-state index in [1.54, 1.807) is 11.3 Å². The standard InChI is InChI=1S/C20H13Cl3N4OS2/c21-13-9-15(23)16(10-14(13)22)24-18(28)11-30-20-26-25-19(17-7-4-8-29-17)27(20)12-5-2-1-3-6-12/h1-10H,11H2,(H,24,28). The lowest BCUT2D eigenvalue weighted by Gasteiger charge is -2.10. The van der Waals surface area contributed by atoms with Crippen LogP contribution in [0, 0.1) is 0 Å². The highest BCUT2D eigenvalue weighted by Crippen LogP contribution is 2.33. The van der Waals surface area contributed by atoms with Crippen LogP contribution in [-0.2, 0) is 4.79 Å². The van der Waals surface area contributed by atoms with E-state index in [4.69, 9.17) is 34.8 Å². The van der Waals surface area contributed by atoms with Crippen LogP contribution >= 0.6 is 57.9 Å². The Labute approximate surface area is 196 Å². The summed E-state index contributed by atoms with van der Waals surface area (Å²) in [5.74, 6) is 0.596. The molecule has 1 amide bonds. The number of amides is 1. The van der Waals surface area contributed by atoms with Gasteiger partial charge in [-0.05, 0) is 35.7 Å². The number of nitrogens with zero attached hydrogens (tertiary/aromatic N) is 3. The van der Waals surface area contributed by atoms with Gasteiger partial charge in [0.15, 0.2) is 11.0 Å². The van der Waals surface area contributed by atoms with Gasteiger partial charge in [-0.2, -0.15) is 0 Å². The van der Waals surface area contributed by atoms with Crippen molar-refractivity contribution >= 4 is 69.5 Å². The summed E-state index contributed by atoms with van der Waals surface area (Å²) in [5, 5.41) is 15.0. The fourth-order valence-corrected chi connectivity index (χ4v) is 4.72. The third-order valence-corrected chi connectivity index (χ3v) is 6.84. The van der Waals surface area contributed by atoms with Crippen LogP contribution in [0.15, 0.2) is 65.1 Å². The number of thioether (sulfide) groups is 1. The Morgan fingerprint density at radius 2 is 1.77 bits per heavy atom. The zero-order valence-corrected chi connectivity index (χ0v) is 19.1. The Balaban J connectivity index is 1.55. The van der Waals surface area contributed by atoms with Gasteiger partial charge in [0.1, 0.15) is 0 Å². The molecule has 2 aromatic carbocycles. The molecule has 0 saturated carbocycles. The monoisotopic (exact) mass is 494 g/mol. The third-order valence-electron chi connectivity index (χ3n) is 4.01. The molecule has 0 aliphatic heterocycles. The van der Waals surface area contributed by atoms with Crippen LogP contribution in [0.4, 0.5) is 5.69 Å². The first-order valence-corrected chi connectivity index (χ1v) is 11.6. The first-order valence-electron chi connectivity index (χ1n) is 8.65. The average Bonchev–Trinajstić information content (AvgIpc) is 3.40. The molecule has 0 unspecified atom stereocenters. The summed E-state index contributed by atoms with van der Waals surface area (Å²) in [6, 6.07) is 16.7. The fourth-order valence-electron chi connectivity index (χ4n) is 2.67. The molecule has 0 bridgehead atoms. The minimum absolute atomic E-state index is 0.117. The topological polar surface area (TPSA) is 59.8 Å². The maximum atomic E-state index is 12.5. The van der Waals surface area contributed by atoms with Gasteiger partial charge in [-0.25, -0.2) is 0 Å². The minimum Gasteiger partial charge on any atom is -0.324 e. The predicted molar refractivity (Wildman–Crippen MR) is 125 cm³/mol. The Hall–Kier alpha value is -2.03. The van der Waals surface area contributed by atoms with E-state index in [0.29, 0.717) is 25.9 Å². The van der Waals surface area contributed by atoms with E-state index in [2.05, 4.69) is 15.5 Å². The molecule has 2 aromatic heterocycles. The Kier molecular flexibility index (Phi) is 6.65. The van der Waals surface area contributed by atoms with Gasteiger partial charge >= 0.3 is 0 Å². The highest BCUT2D eigenvalue weighted by Gasteiger charge is 2.18. The lowest BCUT2D eigenvalue weighted by atomic mass is 10.3. The summed E-state index contributed by atoms with van der Waals surface area (Å²) >= 11 is 20.9. The van der Waals surface area contributed by atoms with Crippen molar-refractivity contribution in [2.45, 2.75) is 5.16 Å². The summed E-state index contributed by atoms with van der Waals surface area (Å²) in [6.07, 6.45) is 0. The Morgan fingerprint density at radius 3 is 2.50 bits per heavy atom. The molecule has 30 heavy (non-hydrogen) atoms. The quantitative estimate of drug-likeness (QED) is 0.239. The largest absolute Gasteiger partial charge is 0.324 e. The molecule has 2 heterocycles. The van der Waals surface area contributed by atoms with Crippen LogP contribution in [0.1, 0.15) is 0 Å². The Bertz CT molecular complexity index is 1180. The summed E-state index contributed by atoms with van der Waals surface area (Å²) in [7, 11) is 0. The number of hydrogen-bond acceptors (Lipinski definition) is 5. The summed E-state index contributed by atoms with van der Waals surface area (Å²) < 4.78 is 1.94. The smallest absolute Gasteiger partial charge is 0.234 e. The van der Waals surface area contributed by atoms with Gasteiger partial charge in [0, 0.05) is 5.69 Å². The van der Waals surface area contributed by atoms with Gasteiger partial charge in [0.2, 0.25) is 5.91 Å². The number of rotatable bonds is 6. The number of hydrogen-bond donors (Lipinski definition) is 1. The van der Waals surface area contributed by atoms with Crippen LogP contribution in [0.3, 0.4) is 0 Å². The molecule has 5 nitrogen and oxygen atoms in total. The average molecular weight is 496 g/mol. The number of nitrogens with one attached hydrogen (secondary N) is 1. The first kappa shape index (κ1) is 21.2. The number of carbonyl (C=O) groups excluding carboxylic acids is 1. The van der Waals surface area contributed by atoms with Crippen molar-refractivity contribution in [2.24, 2.45) is 0 Å². The van der Waals surface area contributed by atoms with Crippen molar-refractivity contribution < 1.29 is 4.79 Å². The molecule has 0 aliphatic carbocycles. The minimum atomic E-state index is -0.249. The van der Waals surface area contributed by atoms with Crippen LogP contribution in [0.5, 0.6) is 0 Å². The van der Waals surface area contributed by atoms with Crippen molar-refractivity contribution in [2.75, 3.05) is 11.1 Å². The molecule has 1 N–H and O–H groups in total. The molecule has 0 spiro atoms. The van der Waals surface area contributed by atoms with Crippen molar-refractivity contribution in [3.63, 3.8) is 0 Å². The highest BCUT2D eigenvalue weighted by molar-refractivity contribution is 7.99. The zero-order chi connectivity index (χ0) is 21.1. The van der Waals surface area contributed by atoms with E-state index < -0.39 is 0 Å². The molecule has 4 aromatic rings. The second-order valence-electron chi connectivity index (χ2n) is 6.04. The van der Waals surface area contributed by atoms with Crippen LogP contribution in [-0.4, -0.2) is 26.4 Å². The van der Waals surface area contributed by atoms with Crippen molar-refractivity contribution in [1.29, 1.82) is 0 Å². The number of benzene rings is 2. The molecule has 10 heteroatoms. The van der Waals surface area contributed by atoms with E-state index >= 15 is 0 Å². The molecule has 0 saturated heterocycles. The summed E-state index contributed by atoms with van der Waals surface area (Å²) in [5.41, 5.74) is 1.32. The molecule has 152 valence electrons. The van der Waals surface area contributed by atoms with Gasteiger partial charge in [0.05, 0.1) is 31.4 Å². The summed E-state index contributed by atoms with van der Waals surface area (Å²) in [6.45, 7) is 0. The number of halogens is 3. The number of para-hydroxylation sites is 1. The van der Waals surface area contributed by atoms with Gasteiger partial charge in [-0.1, -0.05) is 70.8 Å². The second kappa shape index (κ2) is 9.41. The Morgan fingerprint density at radius 1 is 1.00 bits per heavy atom. The molecule has 0 aliphatic rings. The second-order valence-corrected chi connectivity index (χ2v) is 9.15. The molecule has 0 fully saturated rings.